The van der Waals surface area contributed by atoms with Gasteiger partial charge in [0.25, 0.3) is 0 Å². The molecule has 1 unspecified atom stereocenters. The first-order chi connectivity index (χ1) is 9.59. The fourth-order valence-corrected chi connectivity index (χ4v) is 3.06. The lowest BCUT2D eigenvalue weighted by Gasteiger charge is -2.22. The van der Waals surface area contributed by atoms with Gasteiger partial charge in [0.1, 0.15) is 0 Å². The smallest absolute Gasteiger partial charge is 0.247 e. The zero-order valence-corrected chi connectivity index (χ0v) is 11.8. The number of rotatable bonds is 7. The number of nitrogens with two attached hydrogens (primary N) is 1. The molecule has 0 radical (unpaired) electrons. The average molecular weight is 281 g/mol. The summed E-state index contributed by atoms with van der Waals surface area (Å²) < 4.78 is 0. The number of carbonyl (C=O) groups is 3. The Morgan fingerprint density at radius 3 is 2.60 bits per heavy atom. The van der Waals surface area contributed by atoms with E-state index in [1.54, 1.807) is 0 Å². The average Bonchev–Trinajstić information content (AvgIpc) is 2.98. The summed E-state index contributed by atoms with van der Waals surface area (Å²) in [5, 5.41) is 3.12. The highest BCUT2D eigenvalue weighted by Crippen LogP contribution is 2.28. The van der Waals surface area contributed by atoms with Crippen molar-refractivity contribution in [2.75, 3.05) is 6.54 Å². The molecule has 0 aromatic heterocycles. The summed E-state index contributed by atoms with van der Waals surface area (Å²) in [7, 11) is 0. The molecule has 0 aromatic carbocycles. The number of hydrogen-bond acceptors (Lipinski definition) is 4. The van der Waals surface area contributed by atoms with Crippen LogP contribution in [0.4, 0.5) is 0 Å². The molecular formula is C14H23N3O3. The molecule has 3 amide bonds. The van der Waals surface area contributed by atoms with Gasteiger partial charge in [0.2, 0.25) is 17.7 Å². The maximum Gasteiger partial charge on any atom is 0.247 e. The number of hydrogen-bond donors (Lipinski definition) is 2. The van der Waals surface area contributed by atoms with Crippen LogP contribution in [0.5, 0.6) is 0 Å². The van der Waals surface area contributed by atoms with Gasteiger partial charge < -0.3 is 11.1 Å². The second-order valence-corrected chi connectivity index (χ2v) is 5.67. The number of primary amides is 1. The first-order valence-electron chi connectivity index (χ1n) is 7.47. The highest BCUT2D eigenvalue weighted by atomic mass is 16.2. The third-order valence-electron chi connectivity index (χ3n) is 4.11. The van der Waals surface area contributed by atoms with Crippen molar-refractivity contribution in [3.8, 4) is 0 Å². The van der Waals surface area contributed by atoms with Gasteiger partial charge in [-0.25, -0.2) is 0 Å². The second-order valence-electron chi connectivity index (χ2n) is 5.67. The monoisotopic (exact) mass is 281 g/mol. The zero-order chi connectivity index (χ0) is 14.5. The van der Waals surface area contributed by atoms with Crippen LogP contribution in [0.3, 0.4) is 0 Å². The van der Waals surface area contributed by atoms with Gasteiger partial charge in [-0.05, 0) is 32.2 Å². The summed E-state index contributed by atoms with van der Waals surface area (Å²) in [6, 6.07) is -0.256. The molecule has 0 aromatic rings. The lowest BCUT2D eigenvalue weighted by atomic mass is 10.2. The molecule has 0 spiro atoms. The molecule has 6 heteroatoms. The molecular weight excluding hydrogens is 258 g/mol. The Balaban J connectivity index is 1.75. The molecule has 112 valence electrons. The molecule has 1 aliphatic heterocycles. The molecule has 2 rings (SSSR count). The number of nitrogens with zero attached hydrogens (tertiary/aromatic N) is 1. The minimum Gasteiger partial charge on any atom is -0.370 e. The lowest BCUT2D eigenvalue weighted by Crippen LogP contribution is -2.43. The van der Waals surface area contributed by atoms with Crippen molar-refractivity contribution in [3.05, 3.63) is 0 Å². The van der Waals surface area contributed by atoms with Gasteiger partial charge in [-0.2, -0.15) is 0 Å². The first kappa shape index (κ1) is 15.0. The fourth-order valence-electron chi connectivity index (χ4n) is 3.06. The fraction of sp³-hybridized carbons (Fsp3) is 0.786. The highest BCUT2D eigenvalue weighted by molar-refractivity contribution is 6.05. The van der Waals surface area contributed by atoms with Crippen molar-refractivity contribution in [3.63, 3.8) is 0 Å². The van der Waals surface area contributed by atoms with Crippen LogP contribution in [0, 0.1) is 0 Å². The number of unbranched alkanes of at least 4 members (excludes halogenated alkanes) is 1. The molecule has 2 aliphatic rings. The van der Waals surface area contributed by atoms with Crippen LogP contribution in [0.2, 0.25) is 0 Å². The molecule has 1 saturated carbocycles. The van der Waals surface area contributed by atoms with Crippen LogP contribution in [0.1, 0.15) is 51.4 Å². The summed E-state index contributed by atoms with van der Waals surface area (Å²) in [5.74, 6) is -0.419. The topological polar surface area (TPSA) is 92.5 Å². The Morgan fingerprint density at radius 1 is 1.25 bits per heavy atom. The van der Waals surface area contributed by atoms with Crippen LogP contribution < -0.4 is 11.1 Å². The summed E-state index contributed by atoms with van der Waals surface area (Å²) >= 11 is 0. The molecule has 6 nitrogen and oxygen atoms in total. The van der Waals surface area contributed by atoms with Gasteiger partial charge in [-0.3, -0.25) is 19.3 Å². The van der Waals surface area contributed by atoms with Gasteiger partial charge >= 0.3 is 0 Å². The standard InChI is InChI=1S/C14H23N3O3/c15-12(18)7-3-4-8-16-11-9-13(19)17(14(11)20)10-5-1-2-6-10/h10-11,16H,1-9H2,(H2,15,18). The van der Waals surface area contributed by atoms with E-state index in [2.05, 4.69) is 5.32 Å². The Kier molecular flexibility index (Phi) is 5.11. The molecule has 20 heavy (non-hydrogen) atoms. The lowest BCUT2D eigenvalue weighted by molar-refractivity contribution is -0.141. The van der Waals surface area contributed by atoms with Crippen LogP contribution in [-0.4, -0.2) is 41.2 Å². The van der Waals surface area contributed by atoms with E-state index < -0.39 is 0 Å². The number of nitrogens with one attached hydrogen (secondary N) is 1. The minimum atomic E-state index is -0.378. The summed E-state index contributed by atoms with van der Waals surface area (Å²) in [4.78, 5) is 36.3. The van der Waals surface area contributed by atoms with E-state index in [1.807, 2.05) is 0 Å². The number of carbonyl (C=O) groups excluding carboxylic acids is 3. The Hall–Kier alpha value is -1.43. The van der Waals surface area contributed by atoms with E-state index in [-0.39, 0.29) is 36.2 Å². The van der Waals surface area contributed by atoms with Crippen molar-refractivity contribution in [2.45, 2.75) is 63.5 Å². The van der Waals surface area contributed by atoms with Gasteiger partial charge in [0.05, 0.1) is 12.5 Å². The Labute approximate surface area is 119 Å². The molecule has 2 fully saturated rings. The number of likely N-dealkylation sites (tertiary alicyclic amines) is 1. The van der Waals surface area contributed by atoms with Crippen LogP contribution in [0.25, 0.3) is 0 Å². The van der Waals surface area contributed by atoms with Crippen molar-refractivity contribution < 1.29 is 14.4 Å². The van der Waals surface area contributed by atoms with Gasteiger partial charge in [0.15, 0.2) is 0 Å². The Morgan fingerprint density at radius 2 is 1.95 bits per heavy atom. The van der Waals surface area contributed by atoms with E-state index >= 15 is 0 Å². The predicted molar refractivity (Wildman–Crippen MR) is 73.6 cm³/mol. The molecule has 1 aliphatic carbocycles. The normalized spacial score (nSPS) is 23.8. The molecule has 1 atom stereocenters. The largest absolute Gasteiger partial charge is 0.370 e. The molecule has 3 N–H and O–H groups in total. The van der Waals surface area contributed by atoms with Crippen molar-refractivity contribution >= 4 is 17.7 Å². The molecule has 0 bridgehead atoms. The van der Waals surface area contributed by atoms with Crippen molar-refractivity contribution in [1.82, 2.24) is 10.2 Å². The van der Waals surface area contributed by atoms with E-state index in [0.717, 1.165) is 32.1 Å². The van der Waals surface area contributed by atoms with E-state index in [1.165, 1.54) is 4.90 Å². The third-order valence-corrected chi connectivity index (χ3v) is 4.11. The summed E-state index contributed by atoms with van der Waals surface area (Å²) in [5.41, 5.74) is 5.06. The molecule has 1 heterocycles. The summed E-state index contributed by atoms with van der Waals surface area (Å²) in [6.45, 7) is 0.634. The van der Waals surface area contributed by atoms with Crippen LogP contribution in [-0.2, 0) is 14.4 Å². The van der Waals surface area contributed by atoms with Crippen LogP contribution >= 0.6 is 0 Å². The van der Waals surface area contributed by atoms with Crippen molar-refractivity contribution in [1.29, 1.82) is 0 Å². The third kappa shape index (κ3) is 3.56. The quantitative estimate of drug-likeness (QED) is 0.518. The maximum atomic E-state index is 12.2. The van der Waals surface area contributed by atoms with E-state index in [0.29, 0.717) is 19.4 Å². The van der Waals surface area contributed by atoms with E-state index in [9.17, 15) is 14.4 Å². The summed E-state index contributed by atoms with van der Waals surface area (Å²) in [6.07, 6.45) is 6.23. The zero-order valence-electron chi connectivity index (χ0n) is 11.8. The second kappa shape index (κ2) is 6.83. The van der Waals surface area contributed by atoms with Gasteiger partial charge in [-0.1, -0.05) is 12.8 Å². The first-order valence-corrected chi connectivity index (χ1v) is 7.47. The SMILES string of the molecule is NC(=O)CCCCNC1CC(=O)N(C2CCCC2)C1=O. The minimum absolute atomic E-state index is 0.0449. The van der Waals surface area contributed by atoms with E-state index in [4.69, 9.17) is 5.73 Å². The maximum absolute atomic E-state index is 12.2. The molecule has 1 saturated heterocycles. The van der Waals surface area contributed by atoms with Gasteiger partial charge in [0, 0.05) is 12.5 Å². The van der Waals surface area contributed by atoms with Gasteiger partial charge in [-0.15, -0.1) is 0 Å². The number of imide groups is 1. The predicted octanol–water partition coefficient (Wildman–Crippen LogP) is 0.302. The Bertz CT molecular complexity index is 391. The van der Waals surface area contributed by atoms with Crippen molar-refractivity contribution in [2.24, 2.45) is 5.73 Å². The highest BCUT2D eigenvalue weighted by Gasteiger charge is 2.42. The number of amides is 3. The van der Waals surface area contributed by atoms with Crippen LogP contribution in [0.15, 0.2) is 0 Å².